The summed E-state index contributed by atoms with van der Waals surface area (Å²) in [6.45, 7) is -1.45. The fourth-order valence-electron chi connectivity index (χ4n) is 2.87. The molecular weight excluding hydrogens is 399 g/mol. The lowest BCUT2D eigenvalue weighted by Crippen LogP contribution is -2.48. The summed E-state index contributed by atoms with van der Waals surface area (Å²) in [6, 6.07) is 6.82. The molecule has 2 aromatic rings. The first-order valence-corrected chi connectivity index (χ1v) is 8.15. The number of ether oxygens (including phenoxy) is 2. The second-order valence-corrected chi connectivity index (χ2v) is 6.21. The van der Waals surface area contributed by atoms with Crippen molar-refractivity contribution in [2.24, 2.45) is 10.7 Å². The maximum absolute atomic E-state index is 14.5. The Hall–Kier alpha value is -3.42. The van der Waals surface area contributed by atoms with E-state index in [2.05, 4.69) is 14.7 Å². The topological polar surface area (TPSA) is 93.5 Å². The number of hydrogen-bond acceptors (Lipinski definition) is 6. The van der Waals surface area contributed by atoms with Gasteiger partial charge in [-0.2, -0.15) is 18.4 Å². The number of aliphatic imine (C=N–C) groups is 1. The van der Waals surface area contributed by atoms with Crippen molar-refractivity contribution in [3.05, 3.63) is 53.5 Å². The summed E-state index contributed by atoms with van der Waals surface area (Å²) in [5.41, 5.74) is 2.84. The van der Waals surface area contributed by atoms with Gasteiger partial charge in [0.15, 0.2) is 6.10 Å². The Balaban J connectivity index is 2.01. The lowest BCUT2D eigenvalue weighted by atomic mass is 9.84. The van der Waals surface area contributed by atoms with E-state index >= 15 is 0 Å². The van der Waals surface area contributed by atoms with Gasteiger partial charge in [-0.3, -0.25) is 0 Å². The maximum atomic E-state index is 14.5. The average Bonchev–Trinajstić information content (AvgIpc) is 2.68. The molecule has 2 atom stereocenters. The lowest BCUT2D eigenvalue weighted by molar-refractivity contribution is -0.209. The zero-order valence-corrected chi connectivity index (χ0v) is 14.6. The summed E-state index contributed by atoms with van der Waals surface area (Å²) >= 11 is 0. The molecule has 11 heteroatoms. The third-order valence-electron chi connectivity index (χ3n) is 4.22. The number of hydrogen-bond donors (Lipinski definition) is 1. The van der Waals surface area contributed by atoms with Crippen LogP contribution in [0.25, 0.3) is 0 Å². The minimum Gasteiger partial charge on any atom is -0.452 e. The van der Waals surface area contributed by atoms with Gasteiger partial charge in [-0.25, -0.2) is 18.8 Å². The Morgan fingerprint density at radius 1 is 1.31 bits per heavy atom. The molecule has 2 unspecified atom stereocenters. The number of nitrogens with zero attached hydrogens (tertiary/aromatic N) is 3. The Bertz CT molecular complexity index is 989. The molecule has 1 aromatic carbocycles. The fourth-order valence-corrected chi connectivity index (χ4v) is 2.87. The predicted octanol–water partition coefficient (Wildman–Crippen LogP) is 3.72. The lowest BCUT2D eigenvalue weighted by Gasteiger charge is -2.36. The molecule has 1 aliphatic rings. The molecule has 0 spiro atoms. The molecule has 1 aliphatic heterocycles. The first-order chi connectivity index (χ1) is 13.7. The van der Waals surface area contributed by atoms with E-state index in [1.54, 1.807) is 0 Å². The van der Waals surface area contributed by atoms with Gasteiger partial charge in [-0.15, -0.1) is 0 Å². The number of halogens is 5. The SMILES string of the molecule is N#Cc1ccnc(Oc2ccc(F)c(C3(CF)CC(C(F)(F)F)OC(N)=N3)c2)c1. The Kier molecular flexibility index (Phi) is 5.28. The summed E-state index contributed by atoms with van der Waals surface area (Å²) in [5, 5.41) is 8.91. The number of amidine groups is 1. The highest BCUT2D eigenvalue weighted by atomic mass is 19.4. The molecule has 29 heavy (non-hydrogen) atoms. The van der Waals surface area contributed by atoms with Crippen LogP contribution in [-0.4, -0.2) is 30.0 Å². The molecule has 2 N–H and O–H groups in total. The quantitative estimate of drug-likeness (QED) is 0.773. The second kappa shape index (κ2) is 7.54. The number of benzene rings is 1. The standard InChI is InChI=1S/C18H13F5N4O2/c19-9-17(7-14(18(21,22)23)29-16(25)27-17)12-6-11(1-2-13(12)20)28-15-5-10(8-24)3-4-26-15/h1-6,14H,7,9H2,(H2,25,27). The van der Waals surface area contributed by atoms with Gasteiger partial charge in [0.05, 0.1) is 11.6 Å². The fraction of sp³-hybridized carbons (Fsp3) is 0.278. The van der Waals surface area contributed by atoms with Crippen LogP contribution in [0.2, 0.25) is 0 Å². The molecule has 6 nitrogen and oxygen atoms in total. The van der Waals surface area contributed by atoms with E-state index in [4.69, 9.17) is 15.7 Å². The molecular formula is C18H13F5N4O2. The van der Waals surface area contributed by atoms with Crippen molar-refractivity contribution in [3.63, 3.8) is 0 Å². The molecule has 0 bridgehead atoms. The molecule has 152 valence electrons. The smallest absolute Gasteiger partial charge is 0.425 e. The molecule has 0 aliphatic carbocycles. The van der Waals surface area contributed by atoms with Gasteiger partial charge in [-0.1, -0.05) is 0 Å². The van der Waals surface area contributed by atoms with Crippen LogP contribution in [0, 0.1) is 17.1 Å². The van der Waals surface area contributed by atoms with Crippen molar-refractivity contribution in [2.45, 2.75) is 24.2 Å². The minimum absolute atomic E-state index is 0.0148. The monoisotopic (exact) mass is 412 g/mol. The van der Waals surface area contributed by atoms with Crippen molar-refractivity contribution in [1.82, 2.24) is 4.98 Å². The van der Waals surface area contributed by atoms with Crippen LogP contribution in [0.15, 0.2) is 41.5 Å². The molecule has 0 saturated heterocycles. The van der Waals surface area contributed by atoms with Crippen LogP contribution >= 0.6 is 0 Å². The number of nitriles is 1. The van der Waals surface area contributed by atoms with Gasteiger partial charge in [0.25, 0.3) is 6.02 Å². The zero-order valence-electron chi connectivity index (χ0n) is 14.6. The molecule has 0 fully saturated rings. The van der Waals surface area contributed by atoms with Gasteiger partial charge in [0.1, 0.15) is 23.8 Å². The van der Waals surface area contributed by atoms with E-state index in [-0.39, 0.29) is 17.2 Å². The molecule has 3 rings (SSSR count). The Labute approximate surface area is 161 Å². The molecule has 0 radical (unpaired) electrons. The van der Waals surface area contributed by atoms with Crippen LogP contribution in [0.3, 0.4) is 0 Å². The van der Waals surface area contributed by atoms with Crippen molar-refractivity contribution < 1.29 is 31.4 Å². The van der Waals surface area contributed by atoms with Gasteiger partial charge in [0, 0.05) is 24.2 Å². The van der Waals surface area contributed by atoms with E-state index in [1.807, 2.05) is 6.07 Å². The minimum atomic E-state index is -4.85. The predicted molar refractivity (Wildman–Crippen MR) is 90.2 cm³/mol. The second-order valence-electron chi connectivity index (χ2n) is 6.21. The normalized spacial score (nSPS) is 21.7. The number of pyridine rings is 1. The molecule has 0 saturated carbocycles. The molecule has 1 aromatic heterocycles. The van der Waals surface area contributed by atoms with E-state index in [0.29, 0.717) is 0 Å². The van der Waals surface area contributed by atoms with Gasteiger partial charge in [0.2, 0.25) is 5.88 Å². The van der Waals surface area contributed by atoms with E-state index in [1.165, 1.54) is 24.4 Å². The number of rotatable bonds is 4. The third kappa shape index (κ3) is 4.21. The summed E-state index contributed by atoms with van der Waals surface area (Å²) in [6.07, 6.45) is -7.00. The van der Waals surface area contributed by atoms with Crippen molar-refractivity contribution in [2.75, 3.05) is 6.67 Å². The number of alkyl halides is 4. The van der Waals surface area contributed by atoms with Crippen LogP contribution < -0.4 is 10.5 Å². The van der Waals surface area contributed by atoms with Crippen LogP contribution in [-0.2, 0) is 10.3 Å². The average molecular weight is 412 g/mol. The highest BCUT2D eigenvalue weighted by molar-refractivity contribution is 5.73. The maximum Gasteiger partial charge on any atom is 0.425 e. The first kappa shape index (κ1) is 20.3. The van der Waals surface area contributed by atoms with E-state index < -0.39 is 48.3 Å². The van der Waals surface area contributed by atoms with Gasteiger partial charge >= 0.3 is 6.18 Å². The van der Waals surface area contributed by atoms with Crippen molar-refractivity contribution in [1.29, 1.82) is 5.26 Å². The van der Waals surface area contributed by atoms with Crippen LogP contribution in [0.1, 0.15) is 17.5 Å². The number of nitrogens with two attached hydrogens (primary N) is 1. The van der Waals surface area contributed by atoms with Crippen LogP contribution in [0.5, 0.6) is 11.6 Å². The molecule has 0 amide bonds. The first-order valence-electron chi connectivity index (χ1n) is 8.15. The third-order valence-corrected chi connectivity index (χ3v) is 4.22. The highest BCUT2D eigenvalue weighted by Gasteiger charge is 2.52. The van der Waals surface area contributed by atoms with E-state index in [9.17, 15) is 22.0 Å². The summed E-state index contributed by atoms with van der Waals surface area (Å²) in [7, 11) is 0. The molecule has 2 heterocycles. The van der Waals surface area contributed by atoms with Crippen molar-refractivity contribution >= 4 is 6.02 Å². The summed E-state index contributed by atoms with van der Waals surface area (Å²) in [5.74, 6) is -1.05. The zero-order chi connectivity index (χ0) is 21.2. The number of aromatic nitrogens is 1. The van der Waals surface area contributed by atoms with Crippen molar-refractivity contribution in [3.8, 4) is 17.7 Å². The largest absolute Gasteiger partial charge is 0.452 e. The van der Waals surface area contributed by atoms with E-state index in [0.717, 1.165) is 12.1 Å². The van der Waals surface area contributed by atoms with Crippen LogP contribution in [0.4, 0.5) is 22.0 Å². The van der Waals surface area contributed by atoms with Gasteiger partial charge < -0.3 is 15.2 Å². The van der Waals surface area contributed by atoms with Gasteiger partial charge in [-0.05, 0) is 24.3 Å². The highest BCUT2D eigenvalue weighted by Crippen LogP contribution is 2.42. The Morgan fingerprint density at radius 3 is 2.72 bits per heavy atom. The summed E-state index contributed by atoms with van der Waals surface area (Å²) < 4.78 is 77.7. The Morgan fingerprint density at radius 2 is 2.07 bits per heavy atom. The summed E-state index contributed by atoms with van der Waals surface area (Å²) in [4.78, 5) is 7.53.